The Kier molecular flexibility index (Phi) is 2.07. The molecule has 0 aromatic heterocycles. The van der Waals surface area contributed by atoms with Gasteiger partial charge in [-0.05, 0) is 18.6 Å². The Hall–Kier alpha value is -1.87. The van der Waals surface area contributed by atoms with Crippen LogP contribution in [0.5, 0.6) is 0 Å². The van der Waals surface area contributed by atoms with E-state index in [0.717, 1.165) is 0 Å². The molecule has 12 heavy (non-hydrogen) atoms. The van der Waals surface area contributed by atoms with Crippen LogP contribution in [-0.2, 0) is 0 Å². The lowest BCUT2D eigenvalue weighted by molar-refractivity contribution is 0.629. The van der Waals surface area contributed by atoms with Gasteiger partial charge in [0.1, 0.15) is 11.9 Å². The maximum atomic E-state index is 13.1. The molecule has 2 nitrogen and oxygen atoms in total. The lowest BCUT2D eigenvalue weighted by Crippen LogP contribution is -1.85. The fraction of sp³-hybridized carbons (Fsp3) is 0.111. The summed E-state index contributed by atoms with van der Waals surface area (Å²) in [6.07, 6.45) is 0. The highest BCUT2D eigenvalue weighted by molar-refractivity contribution is 5.57. The zero-order valence-corrected chi connectivity index (χ0v) is 6.43. The van der Waals surface area contributed by atoms with Crippen molar-refractivity contribution in [3.63, 3.8) is 0 Å². The Morgan fingerprint density at radius 2 is 2.25 bits per heavy atom. The predicted molar refractivity (Wildman–Crippen MR) is 42.1 cm³/mol. The number of benzene rings is 1. The molecule has 1 aromatic rings. The highest BCUT2D eigenvalue weighted by atomic mass is 19.1. The molecule has 58 valence electrons. The molecule has 0 amide bonds. The van der Waals surface area contributed by atoms with Crippen LogP contribution in [0.15, 0.2) is 12.1 Å². The van der Waals surface area contributed by atoms with Gasteiger partial charge in [-0.25, -0.2) is 9.24 Å². The average molecular weight is 160 g/mol. The molecule has 0 N–H and O–H groups in total. The zero-order valence-electron chi connectivity index (χ0n) is 6.43. The van der Waals surface area contributed by atoms with Crippen molar-refractivity contribution in [1.82, 2.24) is 0 Å². The molecule has 0 bridgehead atoms. The van der Waals surface area contributed by atoms with Gasteiger partial charge in [0.05, 0.1) is 12.1 Å². The summed E-state index contributed by atoms with van der Waals surface area (Å²) in [5, 5.41) is 8.44. The Morgan fingerprint density at radius 3 is 2.75 bits per heavy atom. The van der Waals surface area contributed by atoms with Crippen molar-refractivity contribution >= 4 is 5.69 Å². The van der Waals surface area contributed by atoms with Gasteiger partial charge in [-0.3, -0.25) is 0 Å². The maximum absolute atomic E-state index is 13.1. The van der Waals surface area contributed by atoms with Gasteiger partial charge >= 0.3 is 0 Å². The minimum atomic E-state index is -0.715. The molecule has 0 unspecified atom stereocenters. The highest BCUT2D eigenvalue weighted by Crippen LogP contribution is 2.24. The van der Waals surface area contributed by atoms with Crippen molar-refractivity contribution in [1.29, 1.82) is 5.26 Å². The quantitative estimate of drug-likeness (QED) is 0.536. The van der Waals surface area contributed by atoms with Crippen LogP contribution < -0.4 is 0 Å². The molecule has 3 heteroatoms. The first kappa shape index (κ1) is 8.23. The lowest BCUT2D eigenvalue weighted by atomic mass is 10.1. The Morgan fingerprint density at radius 1 is 1.58 bits per heavy atom. The number of nitrogens with zero attached hydrogens (tertiary/aromatic N) is 2. The van der Waals surface area contributed by atoms with Gasteiger partial charge in [-0.2, -0.15) is 5.26 Å². The molecule has 0 aliphatic rings. The molecule has 0 fully saturated rings. The van der Waals surface area contributed by atoms with E-state index in [-0.39, 0.29) is 11.3 Å². The first-order valence-corrected chi connectivity index (χ1v) is 3.27. The van der Waals surface area contributed by atoms with Crippen molar-refractivity contribution in [3.05, 3.63) is 40.5 Å². The Labute approximate surface area is 69.7 Å². The maximum Gasteiger partial charge on any atom is 0.226 e. The van der Waals surface area contributed by atoms with Gasteiger partial charge in [0.15, 0.2) is 0 Å². The minimum absolute atomic E-state index is 0.0611. The van der Waals surface area contributed by atoms with Gasteiger partial charge in [-0.15, -0.1) is 0 Å². The summed E-state index contributed by atoms with van der Waals surface area (Å²) in [6.45, 7) is 8.31. The summed E-state index contributed by atoms with van der Waals surface area (Å²) < 4.78 is 13.1. The van der Waals surface area contributed by atoms with Crippen LogP contribution in [0.3, 0.4) is 0 Å². The lowest BCUT2D eigenvalue weighted by Gasteiger charge is -1.98. The van der Waals surface area contributed by atoms with E-state index in [4.69, 9.17) is 11.8 Å². The summed E-state index contributed by atoms with van der Waals surface area (Å²) in [4.78, 5) is 3.00. The number of rotatable bonds is 0. The largest absolute Gasteiger partial charge is 0.235 e. The molecule has 0 aliphatic heterocycles. The van der Waals surface area contributed by atoms with E-state index in [2.05, 4.69) is 4.85 Å². The van der Waals surface area contributed by atoms with Gasteiger partial charge in [0.2, 0.25) is 5.69 Å². The van der Waals surface area contributed by atoms with Crippen molar-refractivity contribution in [3.8, 4) is 6.07 Å². The van der Waals surface area contributed by atoms with E-state index in [1.54, 1.807) is 19.1 Å². The molecule has 0 spiro atoms. The summed E-state index contributed by atoms with van der Waals surface area (Å²) >= 11 is 0. The molecule has 0 radical (unpaired) electrons. The van der Waals surface area contributed by atoms with Crippen LogP contribution >= 0.6 is 0 Å². The normalized spacial score (nSPS) is 8.67. The molecule has 1 aromatic carbocycles. The van der Waals surface area contributed by atoms with E-state index in [0.29, 0.717) is 5.56 Å². The third-order valence-electron chi connectivity index (χ3n) is 1.55. The van der Waals surface area contributed by atoms with Gasteiger partial charge in [0.25, 0.3) is 0 Å². The number of aryl methyl sites for hydroxylation is 1. The van der Waals surface area contributed by atoms with Crippen LogP contribution in [0.2, 0.25) is 0 Å². The summed E-state index contributed by atoms with van der Waals surface area (Å²) in [7, 11) is 0. The van der Waals surface area contributed by atoms with Crippen molar-refractivity contribution in [2.75, 3.05) is 0 Å². The van der Waals surface area contributed by atoms with E-state index < -0.39 is 5.82 Å². The molecule has 0 atom stereocenters. The topological polar surface area (TPSA) is 28.1 Å². The van der Waals surface area contributed by atoms with Crippen LogP contribution in [0, 0.1) is 30.6 Å². The molecule has 0 aliphatic carbocycles. The van der Waals surface area contributed by atoms with Gasteiger partial charge < -0.3 is 0 Å². The zero-order chi connectivity index (χ0) is 9.14. The van der Waals surface area contributed by atoms with Crippen LogP contribution in [0.1, 0.15) is 11.1 Å². The third-order valence-corrected chi connectivity index (χ3v) is 1.55. The van der Waals surface area contributed by atoms with Crippen molar-refractivity contribution in [2.45, 2.75) is 6.92 Å². The van der Waals surface area contributed by atoms with E-state index in [9.17, 15) is 4.39 Å². The second kappa shape index (κ2) is 3.02. The minimum Gasteiger partial charge on any atom is -0.235 e. The monoisotopic (exact) mass is 160 g/mol. The second-order valence-electron chi connectivity index (χ2n) is 2.32. The van der Waals surface area contributed by atoms with Crippen LogP contribution in [-0.4, -0.2) is 0 Å². The average Bonchev–Trinajstić information content (AvgIpc) is 2.06. The second-order valence-corrected chi connectivity index (χ2v) is 2.32. The fourth-order valence-electron chi connectivity index (χ4n) is 0.885. The summed E-state index contributed by atoms with van der Waals surface area (Å²) in [5.41, 5.74) is 0.419. The molecule has 1 rings (SSSR count). The standard InChI is InChI=1S/C9H5FN2/c1-6-3-4-7(5-11)8(10)9(6)12-2/h3-4H,1H3. The van der Waals surface area contributed by atoms with Crippen molar-refractivity contribution in [2.24, 2.45) is 0 Å². The Balaban J connectivity index is 3.50. The van der Waals surface area contributed by atoms with E-state index in [1.165, 1.54) is 6.07 Å². The van der Waals surface area contributed by atoms with Gasteiger partial charge in [-0.1, -0.05) is 6.07 Å². The molecule has 0 saturated carbocycles. The smallest absolute Gasteiger partial charge is 0.226 e. The molecular formula is C9H5FN2. The molecule has 0 saturated heterocycles. The molecular weight excluding hydrogens is 155 g/mol. The summed E-state index contributed by atoms with van der Waals surface area (Å²) in [5.74, 6) is -0.715. The van der Waals surface area contributed by atoms with E-state index >= 15 is 0 Å². The first-order chi connectivity index (χ1) is 5.70. The number of nitriles is 1. The fourth-order valence-corrected chi connectivity index (χ4v) is 0.885. The number of halogens is 1. The SMILES string of the molecule is [C-]#[N+]c1c(C)ccc(C#N)c1F. The number of hydrogen-bond donors (Lipinski definition) is 0. The number of hydrogen-bond acceptors (Lipinski definition) is 1. The summed E-state index contributed by atoms with van der Waals surface area (Å²) in [6, 6.07) is 4.62. The highest BCUT2D eigenvalue weighted by Gasteiger charge is 2.09. The Bertz CT molecular complexity index is 396. The predicted octanol–water partition coefficient (Wildman–Crippen LogP) is 2.56. The van der Waals surface area contributed by atoms with E-state index in [1.807, 2.05) is 0 Å². The van der Waals surface area contributed by atoms with Crippen molar-refractivity contribution < 1.29 is 4.39 Å². The first-order valence-electron chi connectivity index (χ1n) is 3.27. The van der Waals surface area contributed by atoms with Gasteiger partial charge in [0, 0.05) is 0 Å². The van der Waals surface area contributed by atoms with Crippen LogP contribution in [0.4, 0.5) is 10.1 Å². The molecule has 0 heterocycles. The third kappa shape index (κ3) is 1.13. The van der Waals surface area contributed by atoms with Crippen LogP contribution in [0.25, 0.3) is 4.85 Å².